The summed E-state index contributed by atoms with van der Waals surface area (Å²) in [6.45, 7) is 1.77. The van der Waals surface area contributed by atoms with Crippen LogP contribution in [-0.4, -0.2) is 26.8 Å². The first-order valence-electron chi connectivity index (χ1n) is 8.65. The molecule has 3 rings (SSSR count). The van der Waals surface area contributed by atoms with Crippen molar-refractivity contribution in [3.05, 3.63) is 70.5 Å². The Labute approximate surface area is 166 Å². The molecule has 3 aromatic rings. The minimum Gasteiger partial charge on any atom is -0.308 e. The normalized spacial score (nSPS) is 11.7. The molecule has 0 aliphatic heterocycles. The van der Waals surface area contributed by atoms with Gasteiger partial charge in [0.2, 0.25) is 0 Å². The fourth-order valence-corrected chi connectivity index (χ4v) is 3.70. The van der Waals surface area contributed by atoms with Crippen LogP contribution in [0.15, 0.2) is 64.5 Å². The van der Waals surface area contributed by atoms with Crippen molar-refractivity contribution in [1.82, 2.24) is 9.55 Å². The van der Waals surface area contributed by atoms with Crippen LogP contribution >= 0.6 is 11.8 Å². The Balaban J connectivity index is 1.99. The van der Waals surface area contributed by atoms with Gasteiger partial charge in [0.05, 0.1) is 29.3 Å². The summed E-state index contributed by atoms with van der Waals surface area (Å²) in [5, 5.41) is 17.6. The van der Waals surface area contributed by atoms with Crippen LogP contribution in [0, 0.1) is 22.7 Å². The summed E-state index contributed by atoms with van der Waals surface area (Å²) in [5.74, 6) is -1.47. The molecule has 0 bridgehead atoms. The zero-order valence-corrected chi connectivity index (χ0v) is 16.1. The lowest BCUT2D eigenvalue weighted by Crippen LogP contribution is -2.25. The van der Waals surface area contributed by atoms with Gasteiger partial charge in [-0.05, 0) is 24.6 Å². The first-order chi connectivity index (χ1) is 13.5. The number of ketones is 1. The van der Waals surface area contributed by atoms with E-state index < -0.39 is 5.92 Å². The lowest BCUT2D eigenvalue weighted by Gasteiger charge is -2.13. The largest absolute Gasteiger partial charge is 0.308 e. The van der Waals surface area contributed by atoms with Crippen molar-refractivity contribution < 1.29 is 4.79 Å². The third-order valence-corrected chi connectivity index (χ3v) is 5.24. The fourth-order valence-electron chi connectivity index (χ4n) is 2.79. The number of fused-ring (bicyclic) bond motifs is 1. The number of para-hydroxylation sites is 1. The van der Waals surface area contributed by atoms with Crippen molar-refractivity contribution >= 4 is 34.2 Å². The third kappa shape index (κ3) is 4.18. The zero-order valence-electron chi connectivity index (χ0n) is 15.3. The van der Waals surface area contributed by atoms with Gasteiger partial charge in [0.15, 0.2) is 10.9 Å². The monoisotopic (exact) mass is 390 g/mol. The summed E-state index contributed by atoms with van der Waals surface area (Å²) in [6, 6.07) is 18.5. The van der Waals surface area contributed by atoms with Crippen molar-refractivity contribution in [2.24, 2.45) is 5.92 Å². The average Bonchev–Trinajstić information content (AvgIpc) is 2.70. The number of carbonyl (C=O) groups is 1. The molecule has 1 atom stereocenters. The number of aromatic nitrogens is 2. The molecule has 0 aliphatic rings. The number of carbonyl (C=O) groups excluding carboxylic acids is 1. The van der Waals surface area contributed by atoms with Gasteiger partial charge in [-0.15, -0.1) is 0 Å². The number of rotatable bonds is 7. The van der Waals surface area contributed by atoms with Crippen LogP contribution in [0.2, 0.25) is 0 Å². The number of benzene rings is 2. The molecule has 1 heterocycles. The number of nitrogens with one attached hydrogen (secondary N) is 1. The predicted octanol–water partition coefficient (Wildman–Crippen LogP) is 3.29. The number of hydrogen-bond acceptors (Lipinski definition) is 6. The molecule has 1 aromatic heterocycles. The maximum Gasteiger partial charge on any atom is 0.262 e. The molecule has 0 radical (unpaired) electrons. The van der Waals surface area contributed by atoms with Gasteiger partial charge in [0, 0.05) is 5.71 Å². The number of nitriles is 1. The van der Waals surface area contributed by atoms with Crippen molar-refractivity contribution in [3.8, 4) is 6.07 Å². The molecule has 0 spiro atoms. The number of thioether (sulfide) groups is 1. The SMILES string of the molecule is CC(=N)C(C#N)C(=O)CSc1nc2ccccc2c(=O)n1Cc1ccccc1. The number of Topliss-reactive ketones (excluding diaryl/α,β-unsaturated/α-hetero) is 1. The minimum absolute atomic E-state index is 0.0150. The molecule has 6 nitrogen and oxygen atoms in total. The van der Waals surface area contributed by atoms with E-state index in [0.717, 1.165) is 17.3 Å². The fraction of sp³-hybridized carbons (Fsp3) is 0.190. The molecule has 1 unspecified atom stereocenters. The Morgan fingerprint density at radius 1 is 1.21 bits per heavy atom. The van der Waals surface area contributed by atoms with Crippen molar-refractivity contribution in [2.75, 3.05) is 5.75 Å². The first-order valence-corrected chi connectivity index (χ1v) is 9.63. The molecule has 2 aromatic carbocycles. The van der Waals surface area contributed by atoms with Gasteiger partial charge in [-0.25, -0.2) is 4.98 Å². The predicted molar refractivity (Wildman–Crippen MR) is 110 cm³/mol. The van der Waals surface area contributed by atoms with E-state index in [4.69, 9.17) is 10.7 Å². The maximum absolute atomic E-state index is 13.0. The average molecular weight is 390 g/mol. The van der Waals surface area contributed by atoms with Crippen LogP contribution in [-0.2, 0) is 11.3 Å². The van der Waals surface area contributed by atoms with Gasteiger partial charge in [-0.2, -0.15) is 5.26 Å². The minimum atomic E-state index is -1.07. The lowest BCUT2D eigenvalue weighted by molar-refractivity contribution is -0.117. The second-order valence-corrected chi connectivity index (χ2v) is 7.23. The van der Waals surface area contributed by atoms with E-state index in [1.165, 1.54) is 6.92 Å². The standard InChI is InChI=1S/C21H18N4O2S/c1-14(23)17(11-22)19(26)13-28-21-24-18-10-6-5-9-16(18)20(27)25(21)12-15-7-3-2-4-8-15/h2-10,17,23H,12-13H2,1H3. The molecular weight excluding hydrogens is 372 g/mol. The van der Waals surface area contributed by atoms with Crippen molar-refractivity contribution in [1.29, 1.82) is 10.7 Å². The summed E-state index contributed by atoms with van der Waals surface area (Å²) in [6.07, 6.45) is 0. The van der Waals surface area contributed by atoms with E-state index >= 15 is 0 Å². The summed E-state index contributed by atoms with van der Waals surface area (Å²) < 4.78 is 1.55. The molecular formula is C21H18N4O2S. The quantitative estimate of drug-likeness (QED) is 0.379. The van der Waals surface area contributed by atoms with E-state index in [1.54, 1.807) is 28.8 Å². The Morgan fingerprint density at radius 3 is 2.57 bits per heavy atom. The lowest BCUT2D eigenvalue weighted by atomic mass is 10.0. The molecule has 0 aliphatic carbocycles. The summed E-state index contributed by atoms with van der Waals surface area (Å²) >= 11 is 1.12. The van der Waals surface area contributed by atoms with Gasteiger partial charge in [-0.3, -0.25) is 14.2 Å². The Hall–Kier alpha value is -3.24. The first kappa shape index (κ1) is 19.5. The Kier molecular flexibility index (Phi) is 6.02. The highest BCUT2D eigenvalue weighted by molar-refractivity contribution is 7.99. The molecule has 28 heavy (non-hydrogen) atoms. The van der Waals surface area contributed by atoms with Gasteiger partial charge >= 0.3 is 0 Å². The van der Waals surface area contributed by atoms with Crippen LogP contribution in [0.3, 0.4) is 0 Å². The van der Waals surface area contributed by atoms with E-state index in [9.17, 15) is 9.59 Å². The second-order valence-electron chi connectivity index (χ2n) is 6.29. The topological polar surface area (TPSA) is 99.6 Å². The van der Waals surface area contributed by atoms with Gasteiger partial charge in [0.1, 0.15) is 5.92 Å². The molecule has 140 valence electrons. The molecule has 0 saturated heterocycles. The summed E-state index contributed by atoms with van der Waals surface area (Å²) in [4.78, 5) is 29.9. The highest BCUT2D eigenvalue weighted by atomic mass is 32.2. The number of hydrogen-bond donors (Lipinski definition) is 1. The summed E-state index contributed by atoms with van der Waals surface area (Å²) in [5.41, 5.74) is 1.35. The molecule has 0 saturated carbocycles. The second kappa shape index (κ2) is 8.63. The van der Waals surface area contributed by atoms with Crippen LogP contribution in [0.5, 0.6) is 0 Å². The van der Waals surface area contributed by atoms with E-state index in [-0.39, 0.29) is 22.8 Å². The molecule has 0 fully saturated rings. The van der Waals surface area contributed by atoms with E-state index in [0.29, 0.717) is 22.6 Å². The zero-order chi connectivity index (χ0) is 20.1. The van der Waals surface area contributed by atoms with Gasteiger partial charge in [0.25, 0.3) is 5.56 Å². The molecule has 0 amide bonds. The molecule has 7 heteroatoms. The summed E-state index contributed by atoms with van der Waals surface area (Å²) in [7, 11) is 0. The highest BCUT2D eigenvalue weighted by Gasteiger charge is 2.21. The van der Waals surface area contributed by atoms with Crippen LogP contribution in [0.25, 0.3) is 10.9 Å². The Morgan fingerprint density at radius 2 is 1.89 bits per heavy atom. The Bertz CT molecular complexity index is 1130. The highest BCUT2D eigenvalue weighted by Crippen LogP contribution is 2.20. The van der Waals surface area contributed by atoms with E-state index in [1.807, 2.05) is 36.4 Å². The van der Waals surface area contributed by atoms with Crippen LogP contribution < -0.4 is 5.56 Å². The van der Waals surface area contributed by atoms with Crippen LogP contribution in [0.1, 0.15) is 12.5 Å². The van der Waals surface area contributed by atoms with E-state index in [2.05, 4.69) is 4.98 Å². The van der Waals surface area contributed by atoms with Gasteiger partial charge in [-0.1, -0.05) is 54.2 Å². The third-order valence-electron chi connectivity index (χ3n) is 4.24. The van der Waals surface area contributed by atoms with Crippen molar-refractivity contribution in [2.45, 2.75) is 18.6 Å². The van der Waals surface area contributed by atoms with Crippen molar-refractivity contribution in [3.63, 3.8) is 0 Å². The van der Waals surface area contributed by atoms with Crippen LogP contribution in [0.4, 0.5) is 0 Å². The smallest absolute Gasteiger partial charge is 0.262 e. The molecule has 1 N–H and O–H groups in total. The van der Waals surface area contributed by atoms with Gasteiger partial charge < -0.3 is 5.41 Å². The number of nitrogens with zero attached hydrogens (tertiary/aromatic N) is 3. The maximum atomic E-state index is 13.0.